The van der Waals surface area contributed by atoms with Gasteiger partial charge in [0.1, 0.15) is 11.4 Å². The minimum atomic E-state index is -4.61. The maximum Gasteiger partial charge on any atom is 0.433 e. The fourth-order valence-corrected chi connectivity index (χ4v) is 8.35. The molecule has 0 radical (unpaired) electrons. The lowest BCUT2D eigenvalue weighted by atomic mass is 9.87. The molecule has 2 aliphatic rings. The van der Waals surface area contributed by atoms with Crippen molar-refractivity contribution in [3.63, 3.8) is 0 Å². The number of hydrogen-bond acceptors (Lipinski definition) is 6. The molecule has 2 aromatic carbocycles. The number of ether oxygens (including phenoxy) is 1. The molecule has 0 spiro atoms. The van der Waals surface area contributed by atoms with E-state index in [-0.39, 0.29) is 17.1 Å². The smallest absolute Gasteiger partial charge is 0.433 e. The molecule has 0 bridgehead atoms. The molecular weight excluding hydrogens is 642 g/mol. The number of aromatic nitrogens is 2. The summed E-state index contributed by atoms with van der Waals surface area (Å²) in [5.74, 6) is 0.312. The van der Waals surface area contributed by atoms with E-state index in [1.807, 2.05) is 38.1 Å². The van der Waals surface area contributed by atoms with Crippen molar-refractivity contribution in [1.82, 2.24) is 14.9 Å². The molecule has 0 unspecified atom stereocenters. The van der Waals surface area contributed by atoms with Crippen molar-refractivity contribution in [2.24, 2.45) is 0 Å². The van der Waals surface area contributed by atoms with E-state index >= 15 is 4.39 Å². The summed E-state index contributed by atoms with van der Waals surface area (Å²) in [6.07, 6.45) is -0.675. The second-order valence-electron chi connectivity index (χ2n) is 12.9. The summed E-state index contributed by atoms with van der Waals surface area (Å²) in [5.41, 5.74) is 4.35. The van der Waals surface area contributed by atoms with Crippen molar-refractivity contribution >= 4 is 22.8 Å². The molecule has 6 nitrogen and oxygen atoms in total. The van der Waals surface area contributed by atoms with Crippen molar-refractivity contribution < 1.29 is 31.9 Å². The Bertz CT molecular complexity index is 1920. The first-order valence-electron chi connectivity index (χ1n) is 15.6. The lowest BCUT2D eigenvalue weighted by Gasteiger charge is -2.29. The van der Waals surface area contributed by atoms with Crippen LogP contribution >= 0.6 is 11.8 Å². The van der Waals surface area contributed by atoms with Crippen molar-refractivity contribution in [2.45, 2.75) is 76.6 Å². The number of ketones is 1. The van der Waals surface area contributed by atoms with E-state index in [2.05, 4.69) is 9.97 Å². The molecule has 250 valence electrons. The van der Waals surface area contributed by atoms with E-state index in [0.717, 1.165) is 46.3 Å². The number of fused-ring (bicyclic) bond motifs is 1. The van der Waals surface area contributed by atoms with Gasteiger partial charge in [0.2, 0.25) is 5.88 Å². The molecule has 48 heavy (non-hydrogen) atoms. The Morgan fingerprint density at radius 1 is 0.958 bits per heavy atom. The highest BCUT2D eigenvalue weighted by atomic mass is 32.2. The minimum Gasteiger partial charge on any atom is -0.481 e. The molecule has 0 aliphatic carbocycles. The second-order valence-corrected chi connectivity index (χ2v) is 14.0. The monoisotopic (exact) mass is 677 g/mol. The lowest BCUT2D eigenvalue weighted by Crippen LogP contribution is -2.31. The number of rotatable bonds is 7. The van der Waals surface area contributed by atoms with E-state index in [1.54, 1.807) is 23.2 Å². The largest absolute Gasteiger partial charge is 0.481 e. The molecule has 0 N–H and O–H groups in total. The van der Waals surface area contributed by atoms with Gasteiger partial charge in [-0.3, -0.25) is 14.6 Å². The number of Topliss-reactive ketones (excluding diaryl/α,β-unsaturated/α-hetero) is 1. The summed E-state index contributed by atoms with van der Waals surface area (Å²) in [6.45, 7) is 8.34. The zero-order chi connectivity index (χ0) is 34.7. The van der Waals surface area contributed by atoms with Gasteiger partial charge in [-0.1, -0.05) is 23.9 Å². The van der Waals surface area contributed by atoms with E-state index in [0.29, 0.717) is 52.1 Å². The highest BCUT2D eigenvalue weighted by Crippen LogP contribution is 2.55. The molecule has 1 amide bonds. The zero-order valence-corrected chi connectivity index (χ0v) is 28.2. The molecule has 3 atom stereocenters. The van der Waals surface area contributed by atoms with Gasteiger partial charge in [-0.2, -0.15) is 13.2 Å². The highest BCUT2D eigenvalue weighted by Gasteiger charge is 2.50. The van der Waals surface area contributed by atoms with E-state index in [9.17, 15) is 22.8 Å². The van der Waals surface area contributed by atoms with Crippen LogP contribution in [0.1, 0.15) is 88.8 Å². The fourth-order valence-electron chi connectivity index (χ4n) is 7.04. The van der Waals surface area contributed by atoms with Crippen LogP contribution in [0.25, 0.3) is 22.3 Å². The van der Waals surface area contributed by atoms with Crippen LogP contribution in [-0.2, 0) is 11.8 Å². The van der Waals surface area contributed by atoms with Gasteiger partial charge in [-0.05, 0) is 123 Å². The number of benzene rings is 2. The van der Waals surface area contributed by atoms with Gasteiger partial charge in [0, 0.05) is 35.1 Å². The molecule has 4 heterocycles. The quantitative estimate of drug-likeness (QED) is 0.143. The number of alkyl halides is 4. The van der Waals surface area contributed by atoms with Gasteiger partial charge >= 0.3 is 6.18 Å². The first-order chi connectivity index (χ1) is 22.6. The Balaban J connectivity index is 1.47. The summed E-state index contributed by atoms with van der Waals surface area (Å²) in [7, 11) is 1.52. The average Bonchev–Trinajstić information content (AvgIpc) is 3.60. The van der Waals surface area contributed by atoms with Crippen LogP contribution in [0.4, 0.5) is 22.4 Å². The van der Waals surface area contributed by atoms with Gasteiger partial charge in [0.15, 0.2) is 5.78 Å². The standard InChI is InChI=1S/C37H35F4N3O3S/c1-19-13-23(21(3)45)14-20(2)32(19)24-15-28(34(47-6)43-18-24)26-8-7-25(36(4,5)38)17-27(26)29-9-10-30-33(48-35(46)44(29)30)22-11-12-42-31(16-22)37(39,40)41/h7-8,11-18,29-30,33H,9-10H2,1-6H3/t29-,30-,33+/m0/s1. The molecular formula is C37H35F4N3O3S. The van der Waals surface area contributed by atoms with Crippen LogP contribution in [0.5, 0.6) is 5.88 Å². The number of pyridine rings is 2. The van der Waals surface area contributed by atoms with Gasteiger partial charge in [0.05, 0.1) is 18.4 Å². The zero-order valence-electron chi connectivity index (χ0n) is 27.4. The molecule has 2 fully saturated rings. The SMILES string of the molecule is COc1ncc(-c2c(C)cc(C(C)=O)cc2C)cc1-c1ccc(C(C)(C)F)cc1[C@@H]1CC[C@H]2[C@@H](c3ccnc(C(F)(F)F)c3)SC(=O)N12. The number of aryl methyl sites for hydroxylation is 2. The summed E-state index contributed by atoms with van der Waals surface area (Å²) < 4.78 is 61.7. The number of methoxy groups -OCH3 is 1. The predicted molar refractivity (Wildman–Crippen MR) is 178 cm³/mol. The Kier molecular flexibility index (Phi) is 8.64. The number of hydrogen-bond donors (Lipinski definition) is 0. The maximum atomic E-state index is 15.5. The Labute approximate surface area is 280 Å². The molecule has 2 aliphatic heterocycles. The van der Waals surface area contributed by atoms with E-state index < -0.39 is 28.8 Å². The highest BCUT2D eigenvalue weighted by molar-refractivity contribution is 8.14. The predicted octanol–water partition coefficient (Wildman–Crippen LogP) is 9.98. The van der Waals surface area contributed by atoms with Crippen molar-refractivity contribution in [3.8, 4) is 28.1 Å². The van der Waals surface area contributed by atoms with Gasteiger partial charge in [-0.15, -0.1) is 0 Å². The third-order valence-corrected chi connectivity index (χ3v) is 10.5. The van der Waals surface area contributed by atoms with Crippen LogP contribution in [0.15, 0.2) is 60.9 Å². The van der Waals surface area contributed by atoms with Crippen LogP contribution < -0.4 is 4.74 Å². The van der Waals surface area contributed by atoms with Crippen LogP contribution in [0.2, 0.25) is 0 Å². The Morgan fingerprint density at radius 3 is 2.29 bits per heavy atom. The molecule has 6 rings (SSSR count). The molecule has 11 heteroatoms. The van der Waals surface area contributed by atoms with Gasteiger partial charge in [0.25, 0.3) is 5.24 Å². The lowest BCUT2D eigenvalue weighted by molar-refractivity contribution is -0.141. The summed E-state index contributed by atoms with van der Waals surface area (Å²) >= 11 is 1.01. The van der Waals surface area contributed by atoms with Crippen LogP contribution in [0, 0.1) is 13.8 Å². The number of amides is 1. The molecule has 4 aromatic rings. The summed E-state index contributed by atoms with van der Waals surface area (Å²) in [5, 5.41) is -0.760. The number of halogens is 4. The van der Waals surface area contributed by atoms with Gasteiger partial charge in [-0.25, -0.2) is 9.37 Å². The maximum absolute atomic E-state index is 15.5. The number of thioether (sulfide) groups is 1. The minimum absolute atomic E-state index is 0.0294. The van der Waals surface area contributed by atoms with Crippen molar-refractivity contribution in [1.29, 1.82) is 0 Å². The normalized spacial score (nSPS) is 19.5. The third kappa shape index (κ3) is 6.08. The number of nitrogens with zero attached hydrogens (tertiary/aromatic N) is 3. The number of carbonyl (C=O) groups is 2. The van der Waals surface area contributed by atoms with E-state index in [1.165, 1.54) is 33.9 Å². The summed E-state index contributed by atoms with van der Waals surface area (Å²) in [6, 6.07) is 12.7. The third-order valence-electron chi connectivity index (χ3n) is 9.28. The Hall–Kier alpha value is -4.25. The topological polar surface area (TPSA) is 72.4 Å². The molecule has 2 saturated heterocycles. The van der Waals surface area contributed by atoms with Crippen LogP contribution in [0.3, 0.4) is 0 Å². The Morgan fingerprint density at radius 2 is 1.67 bits per heavy atom. The average molecular weight is 678 g/mol. The first kappa shape index (κ1) is 33.6. The number of carbonyl (C=O) groups excluding carboxylic acids is 2. The fraction of sp³-hybridized carbons (Fsp3) is 0.351. The van der Waals surface area contributed by atoms with Crippen molar-refractivity contribution in [3.05, 3.63) is 100.0 Å². The first-order valence-corrected chi connectivity index (χ1v) is 16.5. The van der Waals surface area contributed by atoms with Crippen molar-refractivity contribution in [2.75, 3.05) is 7.11 Å². The second kappa shape index (κ2) is 12.3. The van der Waals surface area contributed by atoms with E-state index in [4.69, 9.17) is 4.74 Å². The summed E-state index contributed by atoms with van der Waals surface area (Å²) in [4.78, 5) is 35.7. The molecule has 0 saturated carbocycles. The van der Waals surface area contributed by atoms with Crippen LogP contribution in [-0.4, -0.2) is 39.0 Å². The molecule has 2 aromatic heterocycles. The van der Waals surface area contributed by atoms with Gasteiger partial charge < -0.3 is 9.64 Å².